The fourth-order valence-corrected chi connectivity index (χ4v) is 1.50. The standard InChI is InChI=1S/C8H17NO/c1-4-8-6-9(3)5-7(2)10-8/h7-8H,4-6H2,1-3H3/t7-,8+/m1/s1. The van der Waals surface area contributed by atoms with E-state index in [0.717, 1.165) is 19.5 Å². The van der Waals surface area contributed by atoms with Gasteiger partial charge in [-0.3, -0.25) is 0 Å². The molecule has 60 valence electrons. The first-order valence-corrected chi connectivity index (χ1v) is 4.06. The summed E-state index contributed by atoms with van der Waals surface area (Å²) in [6, 6.07) is 0. The topological polar surface area (TPSA) is 12.5 Å². The third-order valence-electron chi connectivity index (χ3n) is 1.96. The Hall–Kier alpha value is -0.0800. The van der Waals surface area contributed by atoms with Crippen molar-refractivity contribution in [1.29, 1.82) is 0 Å². The van der Waals surface area contributed by atoms with Gasteiger partial charge in [0.1, 0.15) is 0 Å². The number of morpholine rings is 1. The monoisotopic (exact) mass is 143 g/mol. The third-order valence-corrected chi connectivity index (χ3v) is 1.96. The second-order valence-corrected chi connectivity index (χ2v) is 3.20. The second-order valence-electron chi connectivity index (χ2n) is 3.20. The highest BCUT2D eigenvalue weighted by molar-refractivity contribution is 4.71. The molecule has 0 radical (unpaired) electrons. The van der Waals surface area contributed by atoms with Crippen LogP contribution in [0.5, 0.6) is 0 Å². The number of ether oxygens (including phenoxy) is 1. The SMILES string of the molecule is CC[C@H]1CN(C)C[C@@H](C)O1. The molecule has 0 amide bonds. The predicted molar refractivity (Wildman–Crippen MR) is 42.1 cm³/mol. The van der Waals surface area contributed by atoms with Crippen LogP contribution in [-0.4, -0.2) is 37.2 Å². The zero-order valence-corrected chi connectivity index (χ0v) is 7.13. The van der Waals surface area contributed by atoms with Crippen LogP contribution in [0.2, 0.25) is 0 Å². The summed E-state index contributed by atoms with van der Waals surface area (Å²) in [5.41, 5.74) is 0. The molecule has 10 heavy (non-hydrogen) atoms. The first kappa shape index (κ1) is 8.02. The molecular formula is C8H17NO. The van der Waals surface area contributed by atoms with Crippen molar-refractivity contribution in [3.63, 3.8) is 0 Å². The van der Waals surface area contributed by atoms with Crippen LogP contribution in [0.4, 0.5) is 0 Å². The quantitative estimate of drug-likeness (QED) is 0.545. The molecule has 2 heteroatoms. The molecule has 2 atom stereocenters. The molecule has 0 bridgehead atoms. The van der Waals surface area contributed by atoms with Crippen LogP contribution < -0.4 is 0 Å². The van der Waals surface area contributed by atoms with Gasteiger partial charge >= 0.3 is 0 Å². The molecule has 0 aliphatic carbocycles. The highest BCUT2D eigenvalue weighted by Crippen LogP contribution is 2.10. The van der Waals surface area contributed by atoms with E-state index in [2.05, 4.69) is 25.8 Å². The van der Waals surface area contributed by atoms with Crippen LogP contribution in [0.1, 0.15) is 20.3 Å². The molecule has 0 aromatic heterocycles. The van der Waals surface area contributed by atoms with E-state index in [9.17, 15) is 0 Å². The molecule has 0 aromatic rings. The van der Waals surface area contributed by atoms with E-state index >= 15 is 0 Å². The lowest BCUT2D eigenvalue weighted by Gasteiger charge is -2.33. The smallest absolute Gasteiger partial charge is 0.0703 e. The van der Waals surface area contributed by atoms with Crippen LogP contribution in [0.15, 0.2) is 0 Å². The molecule has 1 saturated heterocycles. The summed E-state index contributed by atoms with van der Waals surface area (Å²) in [4.78, 5) is 2.34. The van der Waals surface area contributed by atoms with E-state index < -0.39 is 0 Å². The number of rotatable bonds is 1. The van der Waals surface area contributed by atoms with Crippen molar-refractivity contribution in [3.05, 3.63) is 0 Å². The summed E-state index contributed by atoms with van der Waals surface area (Å²) in [6.07, 6.45) is 2.02. The fraction of sp³-hybridized carbons (Fsp3) is 1.00. The van der Waals surface area contributed by atoms with E-state index in [1.165, 1.54) is 0 Å². The Bertz CT molecular complexity index is 95.4. The third kappa shape index (κ3) is 1.96. The highest BCUT2D eigenvalue weighted by atomic mass is 16.5. The minimum Gasteiger partial charge on any atom is -0.373 e. The van der Waals surface area contributed by atoms with Gasteiger partial charge in [-0.05, 0) is 20.4 Å². The van der Waals surface area contributed by atoms with Gasteiger partial charge in [0.2, 0.25) is 0 Å². The zero-order chi connectivity index (χ0) is 7.56. The average molecular weight is 143 g/mol. The molecule has 1 heterocycles. The largest absolute Gasteiger partial charge is 0.373 e. The van der Waals surface area contributed by atoms with E-state index in [0.29, 0.717) is 12.2 Å². The number of nitrogens with zero attached hydrogens (tertiary/aromatic N) is 1. The normalized spacial score (nSPS) is 36.3. The van der Waals surface area contributed by atoms with Crippen molar-refractivity contribution >= 4 is 0 Å². The average Bonchev–Trinajstić information content (AvgIpc) is 1.85. The summed E-state index contributed by atoms with van der Waals surface area (Å²) in [5.74, 6) is 0. The van der Waals surface area contributed by atoms with Crippen LogP contribution >= 0.6 is 0 Å². The molecule has 1 aliphatic rings. The van der Waals surface area contributed by atoms with Crippen molar-refractivity contribution in [2.45, 2.75) is 32.5 Å². The first-order chi connectivity index (χ1) is 4.72. The lowest BCUT2D eigenvalue weighted by Crippen LogP contribution is -2.44. The Morgan fingerprint density at radius 1 is 1.50 bits per heavy atom. The molecule has 2 nitrogen and oxygen atoms in total. The molecule has 0 unspecified atom stereocenters. The summed E-state index contributed by atoms with van der Waals surface area (Å²) >= 11 is 0. The van der Waals surface area contributed by atoms with Gasteiger partial charge in [-0.1, -0.05) is 6.92 Å². The van der Waals surface area contributed by atoms with Gasteiger partial charge in [-0.15, -0.1) is 0 Å². The molecule has 0 spiro atoms. The Morgan fingerprint density at radius 2 is 2.20 bits per heavy atom. The van der Waals surface area contributed by atoms with Gasteiger partial charge in [0.25, 0.3) is 0 Å². The first-order valence-electron chi connectivity index (χ1n) is 4.06. The van der Waals surface area contributed by atoms with Gasteiger partial charge in [0.05, 0.1) is 12.2 Å². The molecule has 0 aromatic carbocycles. The van der Waals surface area contributed by atoms with Crippen molar-refractivity contribution < 1.29 is 4.74 Å². The van der Waals surface area contributed by atoms with E-state index in [4.69, 9.17) is 4.74 Å². The number of likely N-dealkylation sites (N-methyl/N-ethyl adjacent to an activating group) is 1. The molecule has 0 saturated carbocycles. The van der Waals surface area contributed by atoms with Crippen molar-refractivity contribution in [1.82, 2.24) is 4.90 Å². The Balaban J connectivity index is 2.35. The van der Waals surface area contributed by atoms with Gasteiger partial charge < -0.3 is 9.64 Å². The van der Waals surface area contributed by atoms with Crippen LogP contribution in [0.3, 0.4) is 0 Å². The summed E-state index contributed by atoms with van der Waals surface area (Å²) in [5, 5.41) is 0. The van der Waals surface area contributed by atoms with Gasteiger partial charge in [0.15, 0.2) is 0 Å². The molecule has 1 aliphatic heterocycles. The van der Waals surface area contributed by atoms with E-state index in [-0.39, 0.29) is 0 Å². The van der Waals surface area contributed by atoms with Crippen molar-refractivity contribution in [2.75, 3.05) is 20.1 Å². The lowest BCUT2D eigenvalue weighted by atomic mass is 10.2. The molecular weight excluding hydrogens is 126 g/mol. The minimum absolute atomic E-state index is 0.420. The lowest BCUT2D eigenvalue weighted by molar-refractivity contribution is -0.0703. The molecule has 0 N–H and O–H groups in total. The van der Waals surface area contributed by atoms with Crippen LogP contribution in [-0.2, 0) is 4.74 Å². The van der Waals surface area contributed by atoms with Crippen molar-refractivity contribution in [2.24, 2.45) is 0 Å². The van der Waals surface area contributed by atoms with Crippen LogP contribution in [0.25, 0.3) is 0 Å². The maximum absolute atomic E-state index is 5.66. The van der Waals surface area contributed by atoms with E-state index in [1.807, 2.05) is 0 Å². The van der Waals surface area contributed by atoms with Crippen molar-refractivity contribution in [3.8, 4) is 0 Å². The van der Waals surface area contributed by atoms with Gasteiger partial charge in [-0.2, -0.15) is 0 Å². The number of hydrogen-bond acceptors (Lipinski definition) is 2. The Labute approximate surface area is 63.2 Å². The van der Waals surface area contributed by atoms with Gasteiger partial charge in [-0.25, -0.2) is 0 Å². The Kier molecular flexibility index (Phi) is 2.69. The van der Waals surface area contributed by atoms with Crippen LogP contribution in [0, 0.1) is 0 Å². The molecule has 1 fully saturated rings. The fourth-order valence-electron chi connectivity index (χ4n) is 1.50. The maximum Gasteiger partial charge on any atom is 0.0703 e. The predicted octanol–water partition coefficient (Wildman–Crippen LogP) is 1.12. The Morgan fingerprint density at radius 3 is 2.70 bits per heavy atom. The maximum atomic E-state index is 5.66. The second kappa shape index (κ2) is 3.35. The molecule has 1 rings (SSSR count). The summed E-state index contributed by atoms with van der Waals surface area (Å²) < 4.78 is 5.66. The van der Waals surface area contributed by atoms with E-state index in [1.54, 1.807) is 0 Å². The highest BCUT2D eigenvalue weighted by Gasteiger charge is 2.20. The minimum atomic E-state index is 0.420. The summed E-state index contributed by atoms with van der Waals surface area (Å²) in [6.45, 7) is 6.49. The number of hydrogen-bond donors (Lipinski definition) is 0. The zero-order valence-electron chi connectivity index (χ0n) is 7.13. The van der Waals surface area contributed by atoms with Gasteiger partial charge in [0, 0.05) is 13.1 Å². The summed E-state index contributed by atoms with van der Waals surface area (Å²) in [7, 11) is 2.15.